The van der Waals surface area contributed by atoms with Crippen LogP contribution in [0.5, 0.6) is 5.75 Å². The van der Waals surface area contributed by atoms with Crippen LogP contribution in [0.4, 0.5) is 10.7 Å². The van der Waals surface area contributed by atoms with Crippen molar-refractivity contribution in [2.75, 3.05) is 25.1 Å². The molecule has 1 saturated heterocycles. The summed E-state index contributed by atoms with van der Waals surface area (Å²) in [5, 5.41) is 18.6. The molecule has 3 aromatic rings. The molecule has 318 valence electrons. The molecule has 5 rings (SSSR count). The summed E-state index contributed by atoms with van der Waals surface area (Å²) >= 11 is 17.9. The van der Waals surface area contributed by atoms with Crippen LogP contribution in [0, 0.1) is 0 Å². The lowest BCUT2D eigenvalue weighted by atomic mass is 10.00. The molecule has 2 aromatic heterocycles. The molecule has 0 saturated carbocycles. The molecule has 0 bridgehead atoms. The molecule has 2 aliphatic rings. The summed E-state index contributed by atoms with van der Waals surface area (Å²) in [4.78, 5) is 84.2. The van der Waals surface area contributed by atoms with Crippen LogP contribution in [-0.4, -0.2) is 107 Å². The van der Waals surface area contributed by atoms with Crippen LogP contribution >= 0.6 is 34.8 Å². The van der Waals surface area contributed by atoms with Gasteiger partial charge in [0.25, 0.3) is 11.8 Å². The maximum absolute atomic E-state index is 13.4. The molecule has 2 unspecified atom stereocenters. The average molecular weight is 880 g/mol. The lowest BCUT2D eigenvalue weighted by molar-refractivity contribution is -0.136. The normalized spacial score (nSPS) is 16.3. The molecule has 0 spiro atoms. The zero-order valence-electron chi connectivity index (χ0n) is 32.8. The summed E-state index contributed by atoms with van der Waals surface area (Å²) < 4.78 is 17.0. The number of benzene rings is 1. The number of aromatic nitrogens is 5. The van der Waals surface area contributed by atoms with Crippen LogP contribution in [0.15, 0.2) is 42.9 Å². The smallest absolute Gasteiger partial charge is 0.408 e. The van der Waals surface area contributed by atoms with Crippen molar-refractivity contribution in [2.45, 2.75) is 100.0 Å². The molecular weight excluding hydrogens is 835 g/mol. The maximum atomic E-state index is 13.4. The molecule has 19 nitrogen and oxygen atoms in total. The van der Waals surface area contributed by atoms with Crippen LogP contribution in [0.25, 0.3) is 0 Å². The zero-order chi connectivity index (χ0) is 43.0. The first-order chi connectivity index (χ1) is 27.8. The molecule has 4 heterocycles. The number of nitrogens with one attached hydrogen (secondary N) is 4. The Morgan fingerprint density at radius 1 is 1.00 bits per heavy atom. The van der Waals surface area contributed by atoms with E-state index >= 15 is 0 Å². The summed E-state index contributed by atoms with van der Waals surface area (Å²) in [6.45, 7) is 8.31. The molecule has 22 heteroatoms. The van der Waals surface area contributed by atoms with E-state index in [4.69, 9.17) is 49.0 Å². The average Bonchev–Trinajstić information content (AvgIpc) is 3.76. The van der Waals surface area contributed by atoms with Crippen molar-refractivity contribution in [3.63, 3.8) is 0 Å². The van der Waals surface area contributed by atoms with E-state index in [9.17, 15) is 28.8 Å². The molecule has 0 radical (unpaired) electrons. The van der Waals surface area contributed by atoms with Gasteiger partial charge in [-0.15, -0.1) is 5.10 Å². The van der Waals surface area contributed by atoms with E-state index in [0.29, 0.717) is 31.6 Å². The summed E-state index contributed by atoms with van der Waals surface area (Å²) in [6, 6.07) is 5.15. The van der Waals surface area contributed by atoms with E-state index in [-0.39, 0.29) is 67.8 Å². The first-order valence-corrected chi connectivity index (χ1v) is 19.8. The molecule has 4 N–H and O–H groups in total. The Bertz CT molecular complexity index is 2030. The van der Waals surface area contributed by atoms with Crippen molar-refractivity contribution in [3.05, 3.63) is 59.7 Å². The molecule has 1 fully saturated rings. The number of fused-ring (bicyclic) bond motifs is 1. The van der Waals surface area contributed by atoms with Gasteiger partial charge in [-0.1, -0.05) is 46.1 Å². The third kappa shape index (κ3) is 12.2. The van der Waals surface area contributed by atoms with Gasteiger partial charge in [0.05, 0.1) is 35.1 Å². The van der Waals surface area contributed by atoms with Crippen LogP contribution in [0.1, 0.15) is 92.6 Å². The van der Waals surface area contributed by atoms with Gasteiger partial charge in [0.2, 0.25) is 27.5 Å². The number of hydrogen-bond donors (Lipinski definition) is 4. The number of anilines is 1. The van der Waals surface area contributed by atoms with E-state index in [1.165, 1.54) is 18.5 Å². The third-order valence-corrected chi connectivity index (χ3v) is 10.1. The number of alkyl carbamates (subject to hydrolysis) is 1. The largest absolute Gasteiger partial charge is 0.486 e. The van der Waals surface area contributed by atoms with E-state index in [2.05, 4.69) is 41.5 Å². The number of imide groups is 2. The minimum Gasteiger partial charge on any atom is -0.486 e. The lowest BCUT2D eigenvalue weighted by Crippen LogP contribution is -2.54. The Kier molecular flexibility index (Phi) is 14.7. The Hall–Kier alpha value is -5.11. The molecule has 59 heavy (non-hydrogen) atoms. The van der Waals surface area contributed by atoms with Crippen molar-refractivity contribution >= 4 is 76.4 Å². The van der Waals surface area contributed by atoms with Gasteiger partial charge in [0, 0.05) is 38.4 Å². The van der Waals surface area contributed by atoms with Crippen molar-refractivity contribution in [3.8, 4) is 5.75 Å². The van der Waals surface area contributed by atoms with Gasteiger partial charge < -0.3 is 24.8 Å². The fourth-order valence-corrected chi connectivity index (χ4v) is 6.34. The maximum Gasteiger partial charge on any atom is 0.408 e. The fraction of sp³-hybridized carbons (Fsp3) is 0.514. The number of ether oxygens (including phenoxy) is 3. The Morgan fingerprint density at radius 3 is 2.46 bits per heavy atom. The number of alkyl halides is 3. The standard InChI is InChI=1S/C37H45Cl3N10O9/c1-35(2,49-20-22(47-48-49)21-58-25-9-5-8-23-28(25)31(55)50(30(23)54)24-10-11-27(52)44-29(24)53)14-19-59-36(3,4)13-12-26(51)41-17-7-18-57-34(56)46-32(37(38,39)40)45-33-42-15-6-16-43-33/h5-6,8-9,15-16,20,24,32H,7,10-14,17-19,21H2,1-4H3,(H,41,51)(H,46,56)(H,42,43,45)(H,44,52,53). The number of hydrogen-bond acceptors (Lipinski definition) is 14. The first kappa shape index (κ1) is 45.0. The Morgan fingerprint density at radius 2 is 1.75 bits per heavy atom. The number of piperidine rings is 1. The highest BCUT2D eigenvalue weighted by molar-refractivity contribution is 6.68. The minimum atomic E-state index is -1.94. The SMILES string of the molecule is CC(C)(CCC(=O)NCCCOC(=O)NC(Nc1ncccn1)C(Cl)(Cl)Cl)OCCC(C)(C)n1cc(COc2cccc3c2C(=O)N(C2CCC(=O)NC2=O)C3=O)nn1. The second-order valence-electron chi connectivity index (χ2n) is 14.9. The number of halogens is 3. The number of rotatable bonds is 19. The number of carbonyl (C=O) groups excluding carboxylic acids is 6. The zero-order valence-corrected chi connectivity index (χ0v) is 35.0. The van der Waals surface area contributed by atoms with Gasteiger partial charge in [-0.3, -0.25) is 39.5 Å². The van der Waals surface area contributed by atoms with Gasteiger partial charge in [-0.25, -0.2) is 19.4 Å². The predicted octanol–water partition coefficient (Wildman–Crippen LogP) is 3.79. The van der Waals surface area contributed by atoms with Crippen molar-refractivity contribution < 1.29 is 43.0 Å². The van der Waals surface area contributed by atoms with Crippen molar-refractivity contribution in [1.29, 1.82) is 0 Å². The summed E-state index contributed by atoms with van der Waals surface area (Å²) in [5.41, 5.74) is -0.515. The highest BCUT2D eigenvalue weighted by atomic mass is 35.6. The minimum absolute atomic E-state index is 0.00375. The first-order valence-electron chi connectivity index (χ1n) is 18.7. The Balaban J connectivity index is 0.997. The highest BCUT2D eigenvalue weighted by Gasteiger charge is 2.46. The molecule has 2 atom stereocenters. The van der Waals surface area contributed by atoms with Crippen molar-refractivity contribution in [1.82, 2.24) is 45.8 Å². The third-order valence-electron chi connectivity index (χ3n) is 9.43. The Labute approximate surface area is 354 Å². The van der Waals surface area contributed by atoms with Crippen LogP contribution < -0.4 is 26.0 Å². The van der Waals surface area contributed by atoms with E-state index in [0.717, 1.165) is 4.90 Å². The van der Waals surface area contributed by atoms with Gasteiger partial charge in [-0.05, 0) is 71.6 Å². The number of amides is 6. The number of carbonyl (C=O) groups is 6. The topological polar surface area (TPSA) is 238 Å². The number of nitrogens with zero attached hydrogens (tertiary/aromatic N) is 6. The molecule has 0 aliphatic carbocycles. The van der Waals surface area contributed by atoms with Gasteiger partial charge >= 0.3 is 6.09 Å². The molecule has 6 amide bonds. The van der Waals surface area contributed by atoms with Gasteiger partial charge in [-0.2, -0.15) is 0 Å². The fourth-order valence-electron chi connectivity index (χ4n) is 6.01. The quantitative estimate of drug-likeness (QED) is 0.0581. The molecular formula is C37H45Cl3N10O9. The summed E-state index contributed by atoms with van der Waals surface area (Å²) in [7, 11) is 0. The monoisotopic (exact) mass is 878 g/mol. The van der Waals surface area contributed by atoms with E-state index in [1.54, 1.807) is 29.1 Å². The van der Waals surface area contributed by atoms with Crippen LogP contribution in [-0.2, 0) is 36.0 Å². The second-order valence-corrected chi connectivity index (χ2v) is 17.3. The summed E-state index contributed by atoms with van der Waals surface area (Å²) in [6.07, 6.45) is 4.26. The molecule has 1 aromatic carbocycles. The molecule has 2 aliphatic heterocycles. The van der Waals surface area contributed by atoms with E-state index < -0.39 is 56.9 Å². The van der Waals surface area contributed by atoms with Gasteiger partial charge in [0.15, 0.2) is 6.17 Å². The summed E-state index contributed by atoms with van der Waals surface area (Å²) in [5.74, 6) is -2.34. The second kappa shape index (κ2) is 19.3. The lowest BCUT2D eigenvalue weighted by Gasteiger charge is -2.29. The van der Waals surface area contributed by atoms with Crippen molar-refractivity contribution in [2.24, 2.45) is 0 Å². The predicted molar refractivity (Wildman–Crippen MR) is 213 cm³/mol. The van der Waals surface area contributed by atoms with Crippen LogP contribution in [0.3, 0.4) is 0 Å². The van der Waals surface area contributed by atoms with Gasteiger partial charge in [0.1, 0.15) is 24.1 Å². The van der Waals surface area contributed by atoms with E-state index in [1.807, 2.05) is 27.7 Å². The highest BCUT2D eigenvalue weighted by Crippen LogP contribution is 2.34. The van der Waals surface area contributed by atoms with Crippen LogP contribution in [0.2, 0.25) is 0 Å².